The number of rotatable bonds is 7. The third kappa shape index (κ3) is 10.3. The Kier molecular flexibility index (Phi) is 12.8. The van der Waals surface area contributed by atoms with Crippen molar-refractivity contribution in [3.63, 3.8) is 0 Å². The number of hydrogen-bond acceptors (Lipinski definition) is 3. The highest BCUT2D eigenvalue weighted by atomic mass is 127. The molecule has 110 valence electrons. The molecule has 1 unspecified atom stereocenters. The quantitative estimate of drug-likeness (QED) is 0.354. The zero-order chi connectivity index (χ0) is 13.3. The third-order valence-corrected chi connectivity index (χ3v) is 3.68. The summed E-state index contributed by atoms with van der Waals surface area (Å²) in [5, 5.41) is 15.4. The van der Waals surface area contributed by atoms with Gasteiger partial charge in [0.1, 0.15) is 0 Å². The number of thioether (sulfide) groups is 1. The van der Waals surface area contributed by atoms with Crippen LogP contribution in [0.3, 0.4) is 0 Å². The van der Waals surface area contributed by atoms with Crippen molar-refractivity contribution in [1.29, 1.82) is 0 Å². The van der Waals surface area contributed by atoms with E-state index >= 15 is 0 Å². The summed E-state index contributed by atoms with van der Waals surface area (Å²) in [4.78, 5) is 4.55. The van der Waals surface area contributed by atoms with E-state index in [-0.39, 0.29) is 41.2 Å². The molecule has 1 atom stereocenters. The lowest BCUT2D eigenvalue weighted by Crippen LogP contribution is -2.40. The standard InChI is InChI=1S/C12H27N3OS.HI/c1-6-13-11(14-7-10(2)8-16)15-9-12(3,4)17-5;/h10,16H,6-9H2,1-5H3,(H2,13,14,15);1H. The highest BCUT2D eigenvalue weighted by Crippen LogP contribution is 2.20. The van der Waals surface area contributed by atoms with Gasteiger partial charge < -0.3 is 15.7 Å². The first-order valence-electron chi connectivity index (χ1n) is 6.13. The van der Waals surface area contributed by atoms with Crippen LogP contribution >= 0.6 is 35.7 Å². The molecule has 0 spiro atoms. The van der Waals surface area contributed by atoms with Crippen LogP contribution in [0, 0.1) is 5.92 Å². The SMILES string of the molecule is CCNC(=NCC(C)(C)SC)NCC(C)CO.I. The van der Waals surface area contributed by atoms with E-state index in [9.17, 15) is 0 Å². The highest BCUT2D eigenvalue weighted by molar-refractivity contribution is 14.0. The predicted octanol–water partition coefficient (Wildman–Crippen LogP) is 1.93. The fraction of sp³-hybridized carbons (Fsp3) is 0.917. The summed E-state index contributed by atoms with van der Waals surface area (Å²) < 4.78 is 0.158. The number of nitrogens with one attached hydrogen (secondary N) is 2. The van der Waals surface area contributed by atoms with Gasteiger partial charge in [-0.15, -0.1) is 24.0 Å². The number of halogens is 1. The lowest BCUT2D eigenvalue weighted by molar-refractivity contribution is 0.238. The first kappa shape index (κ1) is 20.6. The number of aliphatic imine (C=N–C) groups is 1. The predicted molar refractivity (Wildman–Crippen MR) is 93.2 cm³/mol. The summed E-state index contributed by atoms with van der Waals surface area (Å²) in [6.45, 7) is 11.0. The second-order valence-corrected chi connectivity index (χ2v) is 6.34. The van der Waals surface area contributed by atoms with Crippen LogP contribution in [-0.4, -0.2) is 48.3 Å². The zero-order valence-corrected chi connectivity index (χ0v) is 15.3. The van der Waals surface area contributed by atoms with Crippen molar-refractivity contribution in [1.82, 2.24) is 10.6 Å². The second-order valence-electron chi connectivity index (χ2n) is 4.83. The summed E-state index contributed by atoms with van der Waals surface area (Å²) in [5.41, 5.74) is 0. The van der Waals surface area contributed by atoms with Gasteiger partial charge in [-0.25, -0.2) is 0 Å². The molecule has 0 bridgehead atoms. The van der Waals surface area contributed by atoms with E-state index in [0.717, 1.165) is 25.6 Å². The molecular weight excluding hydrogens is 361 g/mol. The Morgan fingerprint density at radius 3 is 2.44 bits per heavy atom. The maximum absolute atomic E-state index is 8.97. The Labute approximate surface area is 133 Å². The summed E-state index contributed by atoms with van der Waals surface area (Å²) in [6, 6.07) is 0. The van der Waals surface area contributed by atoms with E-state index < -0.39 is 0 Å². The Bertz CT molecular complexity index is 237. The van der Waals surface area contributed by atoms with Crippen LogP contribution in [0.2, 0.25) is 0 Å². The van der Waals surface area contributed by atoms with Crippen molar-refractivity contribution in [3.05, 3.63) is 0 Å². The summed E-state index contributed by atoms with van der Waals surface area (Å²) in [7, 11) is 0. The Hall–Kier alpha value is 0.310. The topological polar surface area (TPSA) is 56.7 Å². The van der Waals surface area contributed by atoms with Crippen molar-refractivity contribution < 1.29 is 5.11 Å². The van der Waals surface area contributed by atoms with Gasteiger partial charge in [0, 0.05) is 24.4 Å². The fourth-order valence-corrected chi connectivity index (χ4v) is 1.20. The second kappa shape index (κ2) is 11.2. The Morgan fingerprint density at radius 2 is 2.00 bits per heavy atom. The van der Waals surface area contributed by atoms with Crippen LogP contribution in [0.4, 0.5) is 0 Å². The van der Waals surface area contributed by atoms with Crippen LogP contribution in [0.1, 0.15) is 27.7 Å². The van der Waals surface area contributed by atoms with Crippen molar-refractivity contribution in [3.8, 4) is 0 Å². The molecule has 0 heterocycles. The van der Waals surface area contributed by atoms with Crippen molar-refractivity contribution in [2.75, 3.05) is 32.5 Å². The molecule has 0 aliphatic rings. The molecule has 0 fully saturated rings. The molecule has 4 nitrogen and oxygen atoms in total. The smallest absolute Gasteiger partial charge is 0.191 e. The van der Waals surface area contributed by atoms with Gasteiger partial charge >= 0.3 is 0 Å². The van der Waals surface area contributed by atoms with Gasteiger partial charge in [0.2, 0.25) is 0 Å². The molecule has 0 saturated heterocycles. The van der Waals surface area contributed by atoms with Crippen molar-refractivity contribution in [2.45, 2.75) is 32.4 Å². The molecule has 0 aromatic heterocycles. The molecule has 0 aromatic carbocycles. The van der Waals surface area contributed by atoms with Crippen LogP contribution in [-0.2, 0) is 0 Å². The van der Waals surface area contributed by atoms with Crippen molar-refractivity contribution in [2.24, 2.45) is 10.9 Å². The average Bonchev–Trinajstić information content (AvgIpc) is 2.32. The van der Waals surface area contributed by atoms with Crippen LogP contribution in [0.5, 0.6) is 0 Å². The molecule has 18 heavy (non-hydrogen) atoms. The zero-order valence-electron chi connectivity index (χ0n) is 12.1. The van der Waals surface area contributed by atoms with E-state index in [4.69, 9.17) is 5.11 Å². The van der Waals surface area contributed by atoms with Crippen LogP contribution in [0.25, 0.3) is 0 Å². The molecule has 0 radical (unpaired) electrons. The maximum Gasteiger partial charge on any atom is 0.191 e. The lowest BCUT2D eigenvalue weighted by atomic mass is 10.2. The molecule has 0 aliphatic carbocycles. The average molecular weight is 389 g/mol. The van der Waals surface area contributed by atoms with E-state index in [1.54, 1.807) is 0 Å². The number of nitrogens with zero attached hydrogens (tertiary/aromatic N) is 1. The van der Waals surface area contributed by atoms with Gasteiger partial charge in [-0.1, -0.05) is 6.92 Å². The van der Waals surface area contributed by atoms with E-state index in [2.05, 4.69) is 35.7 Å². The molecule has 6 heteroatoms. The third-order valence-electron chi connectivity index (χ3n) is 2.44. The minimum Gasteiger partial charge on any atom is -0.396 e. The largest absolute Gasteiger partial charge is 0.396 e. The number of hydrogen-bond donors (Lipinski definition) is 3. The molecule has 0 aliphatic heterocycles. The first-order chi connectivity index (χ1) is 7.95. The molecule has 3 N–H and O–H groups in total. The summed E-state index contributed by atoms with van der Waals surface area (Å²) in [6.07, 6.45) is 2.10. The highest BCUT2D eigenvalue weighted by Gasteiger charge is 2.15. The van der Waals surface area contributed by atoms with Gasteiger partial charge in [0.25, 0.3) is 0 Å². The van der Waals surface area contributed by atoms with Gasteiger partial charge in [-0.2, -0.15) is 11.8 Å². The van der Waals surface area contributed by atoms with Crippen LogP contribution in [0.15, 0.2) is 4.99 Å². The Morgan fingerprint density at radius 1 is 1.39 bits per heavy atom. The fourth-order valence-electron chi connectivity index (χ4n) is 1.01. The minimum absolute atomic E-state index is 0. The van der Waals surface area contributed by atoms with Gasteiger partial charge in [-0.05, 0) is 32.9 Å². The number of aliphatic hydroxyl groups is 1. The van der Waals surface area contributed by atoms with E-state index in [1.807, 2.05) is 25.6 Å². The molecule has 0 saturated carbocycles. The lowest BCUT2D eigenvalue weighted by Gasteiger charge is -2.21. The van der Waals surface area contributed by atoms with Crippen LogP contribution < -0.4 is 10.6 Å². The van der Waals surface area contributed by atoms with Gasteiger partial charge in [0.05, 0.1) is 6.54 Å². The maximum atomic E-state index is 8.97. The Balaban J connectivity index is 0. The number of guanidine groups is 1. The molecular formula is C12H28IN3OS. The summed E-state index contributed by atoms with van der Waals surface area (Å²) in [5.74, 6) is 1.07. The van der Waals surface area contributed by atoms with E-state index in [1.165, 1.54) is 0 Å². The van der Waals surface area contributed by atoms with Gasteiger partial charge in [0.15, 0.2) is 5.96 Å². The minimum atomic E-state index is 0. The first-order valence-corrected chi connectivity index (χ1v) is 7.35. The van der Waals surface area contributed by atoms with Gasteiger partial charge in [-0.3, -0.25) is 4.99 Å². The van der Waals surface area contributed by atoms with E-state index in [0.29, 0.717) is 0 Å². The normalized spacial score (nSPS) is 13.8. The monoisotopic (exact) mass is 389 g/mol. The molecule has 0 rings (SSSR count). The summed E-state index contributed by atoms with van der Waals surface area (Å²) >= 11 is 1.81. The van der Waals surface area contributed by atoms with Crippen molar-refractivity contribution >= 4 is 41.7 Å². The number of aliphatic hydroxyl groups excluding tert-OH is 1. The molecule has 0 aromatic rings. The molecule has 0 amide bonds.